The molecule has 1 aliphatic carbocycles. The molecule has 0 unspecified atom stereocenters. The number of nitrogens with zero attached hydrogens (tertiary/aromatic N) is 2. The predicted octanol–water partition coefficient (Wildman–Crippen LogP) is 2.56. The van der Waals surface area contributed by atoms with Gasteiger partial charge in [0.05, 0.1) is 6.26 Å². The van der Waals surface area contributed by atoms with Gasteiger partial charge in [0.15, 0.2) is 5.96 Å². The van der Waals surface area contributed by atoms with Crippen molar-refractivity contribution in [3.63, 3.8) is 0 Å². The molecule has 0 radical (unpaired) electrons. The van der Waals surface area contributed by atoms with Crippen LogP contribution in [-0.2, 0) is 15.4 Å². The van der Waals surface area contributed by atoms with Crippen LogP contribution < -0.4 is 10.6 Å². The first kappa shape index (κ1) is 23.4. The van der Waals surface area contributed by atoms with Crippen molar-refractivity contribution in [2.75, 3.05) is 39.5 Å². The highest BCUT2D eigenvalue weighted by atomic mass is 127. The SMILES string of the molecule is CN=C(NCC1CCN(S(C)(=O)=O)CC1)NCC1(c2ccccc2)CCC1.I. The third-order valence-electron chi connectivity index (χ3n) is 6.12. The largest absolute Gasteiger partial charge is 0.356 e. The topological polar surface area (TPSA) is 73.8 Å². The van der Waals surface area contributed by atoms with E-state index in [-0.39, 0.29) is 29.4 Å². The van der Waals surface area contributed by atoms with Crippen LogP contribution in [0.4, 0.5) is 0 Å². The lowest BCUT2D eigenvalue weighted by molar-refractivity contribution is 0.243. The molecule has 2 aliphatic rings. The number of hydrogen-bond acceptors (Lipinski definition) is 3. The monoisotopic (exact) mass is 520 g/mol. The van der Waals surface area contributed by atoms with Gasteiger partial charge in [0.2, 0.25) is 10.0 Å². The minimum atomic E-state index is -3.06. The zero-order valence-corrected chi connectivity index (χ0v) is 20.0. The van der Waals surface area contributed by atoms with Gasteiger partial charge < -0.3 is 10.6 Å². The number of nitrogens with one attached hydrogen (secondary N) is 2. The highest BCUT2D eigenvalue weighted by Gasteiger charge is 2.38. The van der Waals surface area contributed by atoms with E-state index in [4.69, 9.17) is 0 Å². The molecule has 1 saturated carbocycles. The molecular weight excluding hydrogens is 487 g/mol. The van der Waals surface area contributed by atoms with E-state index < -0.39 is 10.0 Å². The smallest absolute Gasteiger partial charge is 0.211 e. The molecule has 2 fully saturated rings. The van der Waals surface area contributed by atoms with Crippen LogP contribution in [0.1, 0.15) is 37.7 Å². The zero-order chi connectivity index (χ0) is 19.3. The standard InChI is InChI=1S/C20H32N4O2S.HI/c1-21-19(22-15-17-9-13-24(14-10-17)27(2,25)26)23-16-20(11-6-12-20)18-7-4-3-5-8-18;/h3-5,7-8,17H,6,9-16H2,1-2H3,(H2,21,22,23);1H. The number of piperidine rings is 1. The number of halogens is 1. The maximum atomic E-state index is 11.6. The third-order valence-corrected chi connectivity index (χ3v) is 7.42. The van der Waals surface area contributed by atoms with E-state index in [1.807, 2.05) is 0 Å². The van der Waals surface area contributed by atoms with E-state index >= 15 is 0 Å². The van der Waals surface area contributed by atoms with Gasteiger partial charge in [-0.1, -0.05) is 36.8 Å². The lowest BCUT2D eigenvalue weighted by Gasteiger charge is -2.43. The summed E-state index contributed by atoms with van der Waals surface area (Å²) in [6.45, 7) is 2.96. The number of hydrogen-bond donors (Lipinski definition) is 2. The fourth-order valence-electron chi connectivity index (χ4n) is 4.12. The van der Waals surface area contributed by atoms with Crippen LogP contribution in [-0.4, -0.2) is 58.2 Å². The van der Waals surface area contributed by atoms with Crippen LogP contribution in [0.15, 0.2) is 35.3 Å². The molecule has 28 heavy (non-hydrogen) atoms. The molecule has 0 atom stereocenters. The highest BCUT2D eigenvalue weighted by molar-refractivity contribution is 14.0. The summed E-state index contributed by atoms with van der Waals surface area (Å²) in [5, 5.41) is 6.95. The summed E-state index contributed by atoms with van der Waals surface area (Å²) in [4.78, 5) is 4.37. The number of guanidine groups is 1. The maximum absolute atomic E-state index is 11.6. The van der Waals surface area contributed by atoms with Gasteiger partial charge >= 0.3 is 0 Å². The number of aliphatic imine (C=N–C) groups is 1. The summed E-state index contributed by atoms with van der Waals surface area (Å²) in [6, 6.07) is 10.8. The van der Waals surface area contributed by atoms with E-state index in [0.29, 0.717) is 19.0 Å². The Morgan fingerprint density at radius 2 is 1.82 bits per heavy atom. The van der Waals surface area contributed by atoms with Crippen molar-refractivity contribution < 1.29 is 8.42 Å². The zero-order valence-electron chi connectivity index (χ0n) is 16.9. The summed E-state index contributed by atoms with van der Waals surface area (Å²) in [6.07, 6.45) is 6.79. The quantitative estimate of drug-likeness (QED) is 0.344. The molecule has 158 valence electrons. The normalized spacial score (nSPS) is 20.7. The molecule has 1 aromatic rings. The van der Waals surface area contributed by atoms with Gasteiger partial charge in [-0.25, -0.2) is 12.7 Å². The Hall–Kier alpha value is -0.870. The Morgan fingerprint density at radius 1 is 1.18 bits per heavy atom. The van der Waals surface area contributed by atoms with Gasteiger partial charge in [-0.3, -0.25) is 4.99 Å². The Morgan fingerprint density at radius 3 is 2.32 bits per heavy atom. The fraction of sp³-hybridized carbons (Fsp3) is 0.650. The van der Waals surface area contributed by atoms with E-state index in [0.717, 1.165) is 31.9 Å². The average Bonchev–Trinajstić information content (AvgIpc) is 2.64. The molecule has 3 rings (SSSR count). The summed E-state index contributed by atoms with van der Waals surface area (Å²) in [7, 11) is -1.25. The first-order valence-electron chi connectivity index (χ1n) is 9.88. The van der Waals surface area contributed by atoms with Crippen LogP contribution >= 0.6 is 24.0 Å². The average molecular weight is 520 g/mol. The second-order valence-electron chi connectivity index (χ2n) is 7.91. The van der Waals surface area contributed by atoms with Crippen molar-refractivity contribution in [1.82, 2.24) is 14.9 Å². The van der Waals surface area contributed by atoms with Crippen LogP contribution in [0.3, 0.4) is 0 Å². The van der Waals surface area contributed by atoms with Crippen molar-refractivity contribution in [2.24, 2.45) is 10.9 Å². The van der Waals surface area contributed by atoms with Crippen LogP contribution in [0, 0.1) is 5.92 Å². The summed E-state index contributed by atoms with van der Waals surface area (Å²) in [5.41, 5.74) is 1.63. The van der Waals surface area contributed by atoms with Gasteiger partial charge in [0.25, 0.3) is 0 Å². The fourth-order valence-corrected chi connectivity index (χ4v) is 5.00. The Kier molecular flexibility index (Phi) is 8.57. The molecule has 1 saturated heterocycles. The first-order chi connectivity index (χ1) is 12.9. The molecule has 6 nitrogen and oxygen atoms in total. The molecule has 0 spiro atoms. The van der Waals surface area contributed by atoms with Crippen LogP contribution in [0.2, 0.25) is 0 Å². The van der Waals surface area contributed by atoms with Gasteiger partial charge in [0, 0.05) is 38.6 Å². The molecule has 8 heteroatoms. The van der Waals surface area contributed by atoms with Crippen molar-refractivity contribution in [1.29, 1.82) is 0 Å². The molecular formula is C20H33IN4O2S. The summed E-state index contributed by atoms with van der Waals surface area (Å²) in [5.74, 6) is 1.32. The van der Waals surface area contributed by atoms with Crippen molar-refractivity contribution in [3.05, 3.63) is 35.9 Å². The van der Waals surface area contributed by atoms with E-state index in [9.17, 15) is 8.42 Å². The lowest BCUT2D eigenvalue weighted by atomic mass is 9.64. The summed E-state index contributed by atoms with van der Waals surface area (Å²) >= 11 is 0. The van der Waals surface area contributed by atoms with Gasteiger partial charge in [-0.05, 0) is 37.2 Å². The second-order valence-corrected chi connectivity index (χ2v) is 9.89. The minimum absolute atomic E-state index is 0. The Labute approximate surface area is 186 Å². The van der Waals surface area contributed by atoms with E-state index in [1.165, 1.54) is 31.1 Å². The third kappa shape index (κ3) is 5.82. The minimum Gasteiger partial charge on any atom is -0.356 e. The molecule has 0 aromatic heterocycles. The van der Waals surface area contributed by atoms with Crippen LogP contribution in [0.5, 0.6) is 0 Å². The summed E-state index contributed by atoms with van der Waals surface area (Å²) < 4.78 is 24.8. The molecule has 1 heterocycles. The van der Waals surface area contributed by atoms with Gasteiger partial charge in [-0.2, -0.15) is 0 Å². The highest BCUT2D eigenvalue weighted by Crippen LogP contribution is 2.43. The molecule has 0 bridgehead atoms. The van der Waals surface area contributed by atoms with Crippen molar-refractivity contribution in [3.8, 4) is 0 Å². The second kappa shape index (κ2) is 10.2. The van der Waals surface area contributed by atoms with E-state index in [2.05, 4.69) is 46.0 Å². The Balaban J connectivity index is 0.00000280. The van der Waals surface area contributed by atoms with Crippen molar-refractivity contribution >= 4 is 40.0 Å². The first-order valence-corrected chi connectivity index (χ1v) is 11.7. The lowest BCUT2D eigenvalue weighted by Crippen LogP contribution is -2.50. The number of rotatable bonds is 6. The number of benzene rings is 1. The number of sulfonamides is 1. The predicted molar refractivity (Wildman–Crippen MR) is 126 cm³/mol. The molecule has 0 amide bonds. The Bertz CT molecular complexity index is 743. The van der Waals surface area contributed by atoms with Crippen LogP contribution in [0.25, 0.3) is 0 Å². The molecule has 2 N–H and O–H groups in total. The molecule has 1 aromatic carbocycles. The van der Waals surface area contributed by atoms with E-state index in [1.54, 1.807) is 11.4 Å². The van der Waals surface area contributed by atoms with Crippen molar-refractivity contribution in [2.45, 2.75) is 37.5 Å². The maximum Gasteiger partial charge on any atom is 0.211 e. The van der Waals surface area contributed by atoms with Gasteiger partial charge in [0.1, 0.15) is 0 Å². The van der Waals surface area contributed by atoms with Gasteiger partial charge in [-0.15, -0.1) is 24.0 Å². The molecule has 1 aliphatic heterocycles.